The zero-order valence-electron chi connectivity index (χ0n) is 11.3. The van der Waals surface area contributed by atoms with Crippen LogP contribution in [0.5, 0.6) is 5.75 Å². The van der Waals surface area contributed by atoms with Gasteiger partial charge in [0.1, 0.15) is 11.9 Å². The van der Waals surface area contributed by atoms with E-state index >= 15 is 0 Å². The van der Waals surface area contributed by atoms with Crippen LogP contribution in [0.1, 0.15) is 37.7 Å². The summed E-state index contributed by atoms with van der Waals surface area (Å²) >= 11 is 3.82. The first-order valence-electron chi connectivity index (χ1n) is 7.60. The maximum atomic E-state index is 6.18. The molecule has 1 heterocycles. The first-order chi connectivity index (χ1) is 9.29. The van der Waals surface area contributed by atoms with Gasteiger partial charge >= 0.3 is 0 Å². The molecule has 102 valence electrons. The van der Waals surface area contributed by atoms with Crippen LogP contribution in [0.3, 0.4) is 0 Å². The van der Waals surface area contributed by atoms with E-state index in [-0.39, 0.29) is 0 Å². The van der Waals surface area contributed by atoms with Crippen LogP contribution in [-0.2, 0) is 6.42 Å². The molecule has 1 aromatic rings. The average molecular weight is 321 g/mol. The van der Waals surface area contributed by atoms with Crippen molar-refractivity contribution >= 4 is 15.9 Å². The highest BCUT2D eigenvalue weighted by Gasteiger charge is 2.51. The monoisotopic (exact) mass is 320 g/mol. The molecule has 0 radical (unpaired) electrons. The number of hydrogen-bond acceptors (Lipinski definition) is 1. The van der Waals surface area contributed by atoms with Crippen molar-refractivity contribution in [2.45, 2.75) is 44.6 Å². The van der Waals surface area contributed by atoms with Crippen molar-refractivity contribution in [2.24, 2.45) is 17.3 Å². The van der Waals surface area contributed by atoms with Crippen LogP contribution in [0.4, 0.5) is 0 Å². The molecule has 4 unspecified atom stereocenters. The van der Waals surface area contributed by atoms with Crippen LogP contribution < -0.4 is 4.74 Å². The van der Waals surface area contributed by atoms with Crippen LogP contribution in [0.25, 0.3) is 0 Å². The molecule has 2 aliphatic carbocycles. The molecular formula is C17H21BrO. The average Bonchev–Trinajstić information content (AvgIpc) is 3.11. The van der Waals surface area contributed by atoms with Crippen LogP contribution in [0.2, 0.25) is 0 Å². The van der Waals surface area contributed by atoms with Gasteiger partial charge in [0.15, 0.2) is 0 Å². The van der Waals surface area contributed by atoms with Crippen molar-refractivity contribution in [3.05, 3.63) is 29.8 Å². The van der Waals surface area contributed by atoms with Crippen LogP contribution in [0, 0.1) is 17.3 Å². The Hall–Kier alpha value is -0.500. The van der Waals surface area contributed by atoms with E-state index in [2.05, 4.69) is 40.2 Å². The molecule has 1 aliphatic heterocycles. The van der Waals surface area contributed by atoms with Crippen molar-refractivity contribution in [2.75, 3.05) is 5.33 Å². The molecule has 4 atom stereocenters. The van der Waals surface area contributed by atoms with E-state index in [0.717, 1.165) is 29.3 Å². The van der Waals surface area contributed by atoms with Gasteiger partial charge < -0.3 is 4.74 Å². The van der Waals surface area contributed by atoms with Crippen LogP contribution >= 0.6 is 15.9 Å². The highest BCUT2D eigenvalue weighted by atomic mass is 79.9. The predicted octanol–water partition coefficient (Wildman–Crippen LogP) is 4.58. The highest BCUT2D eigenvalue weighted by molar-refractivity contribution is 9.09. The van der Waals surface area contributed by atoms with E-state index in [0.29, 0.717) is 11.5 Å². The highest BCUT2D eigenvalue weighted by Crippen LogP contribution is 2.59. The summed E-state index contributed by atoms with van der Waals surface area (Å²) in [4.78, 5) is 0. The lowest BCUT2D eigenvalue weighted by Crippen LogP contribution is -2.35. The van der Waals surface area contributed by atoms with Gasteiger partial charge in [0.2, 0.25) is 0 Å². The van der Waals surface area contributed by atoms with Gasteiger partial charge in [-0.3, -0.25) is 0 Å². The first-order valence-corrected chi connectivity index (χ1v) is 8.72. The van der Waals surface area contributed by atoms with Crippen LogP contribution in [0.15, 0.2) is 24.3 Å². The summed E-state index contributed by atoms with van der Waals surface area (Å²) in [5, 5.41) is 1.16. The Balaban J connectivity index is 1.51. The fourth-order valence-electron chi connectivity index (χ4n) is 4.85. The summed E-state index contributed by atoms with van der Waals surface area (Å²) in [6, 6.07) is 8.55. The van der Waals surface area contributed by atoms with E-state index in [1.165, 1.54) is 37.7 Å². The Kier molecular flexibility index (Phi) is 2.91. The molecule has 0 spiro atoms. The summed E-state index contributed by atoms with van der Waals surface area (Å²) in [5.74, 6) is 3.08. The Bertz CT molecular complexity index is 461. The minimum atomic E-state index is 0.411. The van der Waals surface area contributed by atoms with Gasteiger partial charge in [0.25, 0.3) is 0 Å². The number of para-hydroxylation sites is 1. The Morgan fingerprint density at radius 2 is 2.16 bits per heavy atom. The van der Waals surface area contributed by atoms with Crippen molar-refractivity contribution in [1.29, 1.82) is 0 Å². The molecule has 2 saturated carbocycles. The predicted molar refractivity (Wildman–Crippen MR) is 80.9 cm³/mol. The Morgan fingerprint density at radius 3 is 2.84 bits per heavy atom. The number of hydrogen-bond donors (Lipinski definition) is 0. The molecule has 3 aliphatic rings. The van der Waals surface area contributed by atoms with Gasteiger partial charge in [-0.1, -0.05) is 40.5 Å². The van der Waals surface area contributed by atoms with E-state index in [1.807, 2.05) is 0 Å². The molecular weight excluding hydrogens is 300 g/mol. The van der Waals surface area contributed by atoms with Gasteiger partial charge in [0, 0.05) is 11.8 Å². The van der Waals surface area contributed by atoms with E-state index in [4.69, 9.17) is 4.74 Å². The zero-order chi connectivity index (χ0) is 12.9. The molecule has 2 heteroatoms. The third-order valence-corrected chi connectivity index (χ3v) is 6.83. The van der Waals surface area contributed by atoms with Gasteiger partial charge in [-0.2, -0.15) is 0 Å². The lowest BCUT2D eigenvalue weighted by atomic mass is 9.71. The SMILES string of the molecule is BrCC1(CC2Cc3ccccc3O2)CC2CCC1C2. The summed E-state index contributed by atoms with van der Waals surface area (Å²) in [7, 11) is 0. The maximum Gasteiger partial charge on any atom is 0.123 e. The van der Waals surface area contributed by atoms with Gasteiger partial charge in [-0.25, -0.2) is 0 Å². The third kappa shape index (κ3) is 1.94. The standard InChI is InChI=1S/C17H21BrO/c18-11-17(9-12-5-6-14(17)7-12)10-15-8-13-3-1-2-4-16(13)19-15/h1-4,12,14-15H,5-11H2. The molecule has 1 aromatic carbocycles. The third-order valence-electron chi connectivity index (χ3n) is 5.72. The lowest BCUT2D eigenvalue weighted by molar-refractivity contribution is 0.102. The van der Waals surface area contributed by atoms with E-state index < -0.39 is 0 Å². The second-order valence-corrected chi connectivity index (χ2v) is 7.39. The summed E-state index contributed by atoms with van der Waals surface area (Å²) in [6.45, 7) is 0. The second kappa shape index (κ2) is 4.51. The molecule has 0 aromatic heterocycles. The number of halogens is 1. The van der Waals surface area contributed by atoms with Gasteiger partial charge in [-0.15, -0.1) is 0 Å². The molecule has 19 heavy (non-hydrogen) atoms. The summed E-state index contributed by atoms with van der Waals surface area (Å²) < 4.78 is 6.18. The first kappa shape index (κ1) is 12.3. The minimum absolute atomic E-state index is 0.411. The molecule has 0 amide bonds. The fourth-order valence-corrected chi connectivity index (χ4v) is 5.76. The Labute approximate surface area is 123 Å². The largest absolute Gasteiger partial charge is 0.490 e. The topological polar surface area (TPSA) is 9.23 Å². The quantitative estimate of drug-likeness (QED) is 0.740. The molecule has 4 rings (SSSR count). The number of ether oxygens (including phenoxy) is 1. The summed E-state index contributed by atoms with van der Waals surface area (Å²) in [5.41, 5.74) is 1.93. The molecule has 1 nitrogen and oxygen atoms in total. The van der Waals surface area contributed by atoms with Crippen molar-refractivity contribution in [1.82, 2.24) is 0 Å². The number of benzene rings is 1. The van der Waals surface area contributed by atoms with Crippen molar-refractivity contribution in [3.63, 3.8) is 0 Å². The van der Waals surface area contributed by atoms with Crippen molar-refractivity contribution in [3.8, 4) is 5.75 Å². The van der Waals surface area contributed by atoms with Crippen molar-refractivity contribution < 1.29 is 4.74 Å². The normalized spacial score (nSPS) is 39.3. The van der Waals surface area contributed by atoms with E-state index in [9.17, 15) is 0 Å². The molecule has 2 bridgehead atoms. The number of fused-ring (bicyclic) bond motifs is 3. The number of rotatable bonds is 3. The molecule has 0 saturated heterocycles. The zero-order valence-corrected chi connectivity index (χ0v) is 12.9. The number of alkyl halides is 1. The minimum Gasteiger partial charge on any atom is -0.490 e. The Morgan fingerprint density at radius 1 is 1.26 bits per heavy atom. The summed E-state index contributed by atoms with van der Waals surface area (Å²) in [6.07, 6.45) is 8.61. The molecule has 2 fully saturated rings. The van der Waals surface area contributed by atoms with E-state index in [1.54, 1.807) is 0 Å². The molecule has 0 N–H and O–H groups in total. The van der Waals surface area contributed by atoms with Crippen LogP contribution in [-0.4, -0.2) is 11.4 Å². The maximum absolute atomic E-state index is 6.18. The smallest absolute Gasteiger partial charge is 0.123 e. The van der Waals surface area contributed by atoms with Gasteiger partial charge in [0.05, 0.1) is 0 Å². The second-order valence-electron chi connectivity index (χ2n) is 6.83. The van der Waals surface area contributed by atoms with Gasteiger partial charge in [-0.05, 0) is 54.6 Å². The lowest BCUT2D eigenvalue weighted by Gasteiger charge is -2.38. The fraction of sp³-hybridized carbons (Fsp3) is 0.647.